The van der Waals surface area contributed by atoms with Gasteiger partial charge in [-0.2, -0.15) is 0 Å². The molecule has 0 aliphatic carbocycles. The Labute approximate surface area is 302 Å². The Hall–Kier alpha value is -5.21. The number of benzene rings is 1. The molecule has 0 aliphatic rings. The zero-order valence-corrected chi connectivity index (χ0v) is 30.5. The van der Waals surface area contributed by atoms with Crippen molar-refractivity contribution in [1.29, 1.82) is 5.41 Å². The highest BCUT2D eigenvalue weighted by Crippen LogP contribution is 2.09. The number of nitrogens with two attached hydrogens (primary N) is 4. The lowest BCUT2D eigenvalue weighted by Gasteiger charge is -2.27. The third-order valence-electron chi connectivity index (χ3n) is 7.66. The first-order valence-electron chi connectivity index (χ1n) is 17.5. The lowest BCUT2D eigenvalue weighted by molar-refractivity contribution is -0.134. The second-order valence-corrected chi connectivity index (χ2v) is 12.5. The molecule has 0 bridgehead atoms. The van der Waals surface area contributed by atoms with Crippen LogP contribution in [0, 0.1) is 11.3 Å². The highest BCUT2D eigenvalue weighted by atomic mass is 16.2. The molecule has 0 heterocycles. The van der Waals surface area contributed by atoms with E-state index in [2.05, 4.69) is 50.3 Å². The van der Waals surface area contributed by atoms with Gasteiger partial charge in [0.25, 0.3) is 0 Å². The second-order valence-electron chi connectivity index (χ2n) is 12.5. The van der Waals surface area contributed by atoms with E-state index < -0.39 is 35.8 Å². The first-order chi connectivity index (χ1) is 24.2. The number of rotatable bonds is 24. The van der Waals surface area contributed by atoms with Crippen molar-refractivity contribution in [2.75, 3.05) is 13.1 Å². The molecule has 0 fully saturated rings. The average molecular weight is 710 g/mol. The molecular formula is C36H59N11O4. The molecule has 1 aromatic rings. The van der Waals surface area contributed by atoms with Gasteiger partial charge < -0.3 is 49.6 Å². The average Bonchev–Trinajstić information content (AvgIpc) is 3.07. The largest absolute Gasteiger partial charge is 0.370 e. The summed E-state index contributed by atoms with van der Waals surface area (Å²) in [4.78, 5) is 61.3. The third-order valence-corrected chi connectivity index (χ3v) is 7.66. The molecule has 0 aromatic heterocycles. The van der Waals surface area contributed by atoms with Gasteiger partial charge >= 0.3 is 0 Å². The number of amides is 4. The zero-order chi connectivity index (χ0) is 38.2. The Morgan fingerprint density at radius 3 is 1.88 bits per heavy atom. The van der Waals surface area contributed by atoms with Crippen molar-refractivity contribution in [3.8, 4) is 0 Å². The lowest BCUT2D eigenvalue weighted by atomic mass is 10.0. The van der Waals surface area contributed by atoms with Crippen LogP contribution >= 0.6 is 0 Å². The summed E-state index contributed by atoms with van der Waals surface area (Å²) in [6.45, 7) is 8.01. The van der Waals surface area contributed by atoms with Crippen LogP contribution < -0.4 is 44.2 Å². The highest BCUT2D eigenvalue weighted by molar-refractivity contribution is 5.96. The molecule has 0 aliphatic heterocycles. The molecule has 15 nitrogen and oxygen atoms in total. The smallest absolute Gasteiger partial charge is 0.243 e. The van der Waals surface area contributed by atoms with E-state index in [1.807, 2.05) is 24.3 Å². The molecule has 1 unspecified atom stereocenters. The first kappa shape index (κ1) is 43.8. The van der Waals surface area contributed by atoms with Crippen molar-refractivity contribution >= 4 is 41.3 Å². The first-order valence-corrected chi connectivity index (χ1v) is 17.5. The predicted octanol–water partition coefficient (Wildman–Crippen LogP) is 1.60. The van der Waals surface area contributed by atoms with Gasteiger partial charge in [0.1, 0.15) is 18.1 Å². The van der Waals surface area contributed by atoms with Crippen LogP contribution in [0.15, 0.2) is 58.6 Å². The topological polar surface area (TPSA) is 269 Å². The van der Waals surface area contributed by atoms with Gasteiger partial charge in [-0.25, -0.2) is 0 Å². The van der Waals surface area contributed by atoms with Crippen LogP contribution in [0.25, 0.3) is 0 Å². The van der Waals surface area contributed by atoms with Crippen molar-refractivity contribution in [3.05, 3.63) is 59.7 Å². The molecule has 0 saturated heterocycles. The number of nitrogens with zero attached hydrogens (tertiary/aromatic N) is 2. The maximum absolute atomic E-state index is 13.7. The summed E-state index contributed by atoms with van der Waals surface area (Å²) < 4.78 is 0. The van der Waals surface area contributed by atoms with Crippen LogP contribution in [0.2, 0.25) is 0 Å². The summed E-state index contributed by atoms with van der Waals surface area (Å²) in [5.41, 5.74) is 23.8. The van der Waals surface area contributed by atoms with E-state index in [0.29, 0.717) is 25.0 Å². The molecule has 3 atom stereocenters. The van der Waals surface area contributed by atoms with E-state index in [4.69, 9.17) is 28.3 Å². The van der Waals surface area contributed by atoms with Crippen LogP contribution in [-0.2, 0) is 25.7 Å². The summed E-state index contributed by atoms with van der Waals surface area (Å²) in [5, 5.41) is 19.0. The fourth-order valence-electron chi connectivity index (χ4n) is 4.82. The quantitative estimate of drug-likeness (QED) is 0.0328. The predicted molar refractivity (Wildman–Crippen MR) is 204 cm³/mol. The monoisotopic (exact) mass is 709 g/mol. The number of guanidine groups is 2. The molecular weight excluding hydrogens is 650 g/mol. The van der Waals surface area contributed by atoms with Crippen LogP contribution in [0.5, 0.6) is 0 Å². The Bertz CT molecular complexity index is 1380. The van der Waals surface area contributed by atoms with Crippen LogP contribution in [0.4, 0.5) is 0 Å². The lowest BCUT2D eigenvalue weighted by Crippen LogP contribution is -2.58. The fraction of sp³-hybridized carbons (Fsp3) is 0.528. The third kappa shape index (κ3) is 19.5. The van der Waals surface area contributed by atoms with Crippen LogP contribution in [-0.4, -0.2) is 72.5 Å². The molecule has 0 radical (unpaired) electrons. The highest BCUT2D eigenvalue weighted by Gasteiger charge is 2.31. The Kier molecular flexibility index (Phi) is 21.3. The van der Waals surface area contributed by atoms with Gasteiger partial charge in [0, 0.05) is 31.8 Å². The number of nitrogens with one attached hydrogen (secondary N) is 5. The van der Waals surface area contributed by atoms with Crippen molar-refractivity contribution < 1.29 is 19.2 Å². The fourth-order valence-corrected chi connectivity index (χ4v) is 4.82. The molecule has 13 N–H and O–H groups in total. The van der Waals surface area contributed by atoms with E-state index in [-0.39, 0.29) is 62.6 Å². The maximum Gasteiger partial charge on any atom is 0.243 e. The van der Waals surface area contributed by atoms with Crippen LogP contribution in [0.3, 0.4) is 0 Å². The number of carbonyl (C=O) groups is 4. The number of hydrogen-bond donors (Lipinski definition) is 9. The summed E-state index contributed by atoms with van der Waals surface area (Å²) in [6, 6.07) is 4.33. The molecule has 51 heavy (non-hydrogen) atoms. The van der Waals surface area contributed by atoms with Gasteiger partial charge in [-0.1, -0.05) is 69.3 Å². The van der Waals surface area contributed by atoms with E-state index in [1.54, 1.807) is 32.9 Å². The zero-order valence-electron chi connectivity index (χ0n) is 30.5. The molecule has 4 amide bonds. The number of allylic oxidation sites excluding steroid dienone is 4. The molecule has 1 rings (SSSR count). The minimum atomic E-state index is -1.02. The van der Waals surface area contributed by atoms with Crippen molar-refractivity contribution in [3.63, 3.8) is 0 Å². The molecule has 0 saturated carbocycles. The minimum absolute atomic E-state index is 0.0789. The summed E-state index contributed by atoms with van der Waals surface area (Å²) in [6.07, 6.45) is 11.7. The molecule has 0 spiro atoms. The van der Waals surface area contributed by atoms with E-state index in [0.717, 1.165) is 24.0 Å². The Morgan fingerprint density at radius 1 is 0.784 bits per heavy atom. The van der Waals surface area contributed by atoms with Gasteiger partial charge in [0.2, 0.25) is 23.6 Å². The SMILES string of the molecule is CC/C=C\C/C=C\CCC(=O)N[C@@H](CCCN=C(N)N)C(=O)NC(C(=O)N[C@@H](CCCN=C(N)N)C(=O)NCc1ccc(C(C)=N)cc1)C(C)C. The van der Waals surface area contributed by atoms with Crippen molar-refractivity contribution in [2.45, 2.75) is 104 Å². The minimum Gasteiger partial charge on any atom is -0.370 e. The number of hydrogen-bond acceptors (Lipinski definition) is 7. The molecule has 15 heteroatoms. The number of aliphatic imine (C=N–C) groups is 2. The molecule has 1 aromatic carbocycles. The maximum atomic E-state index is 13.7. The van der Waals surface area contributed by atoms with Crippen LogP contribution in [0.1, 0.15) is 90.2 Å². The Morgan fingerprint density at radius 2 is 1.35 bits per heavy atom. The van der Waals surface area contributed by atoms with E-state index in [9.17, 15) is 19.2 Å². The second kappa shape index (κ2) is 24.8. The Balaban J connectivity index is 3.05. The van der Waals surface area contributed by atoms with E-state index >= 15 is 0 Å². The standard InChI is InChI=1S/C36H59N11O4/c1-5-6-7-8-9-10-11-16-30(48)45-29(15-13-22-43-36(40)41)33(50)47-31(24(2)3)34(51)46-28(14-12-21-42-35(38)39)32(49)44-23-26-17-19-27(20-18-26)25(4)37/h6-7,9-10,17-20,24,28-29,31,37H,5,8,11-16,21-23H2,1-4H3,(H,44,49)(H,45,48)(H,46,51)(H,47,50)(H4,38,39,42)(H4,40,41,43)/b7-6-,10-9-,37-25?/t28-,29-,31?/m0/s1. The molecule has 282 valence electrons. The summed E-state index contributed by atoms with van der Waals surface area (Å²) in [7, 11) is 0. The van der Waals surface area contributed by atoms with Crippen molar-refractivity contribution in [2.24, 2.45) is 38.8 Å². The van der Waals surface area contributed by atoms with Gasteiger partial charge in [0.05, 0.1) is 0 Å². The van der Waals surface area contributed by atoms with Crippen molar-refractivity contribution in [1.82, 2.24) is 21.3 Å². The van der Waals surface area contributed by atoms with E-state index in [1.165, 1.54) is 0 Å². The number of carbonyl (C=O) groups excluding carboxylic acids is 4. The summed E-state index contributed by atoms with van der Waals surface area (Å²) >= 11 is 0. The van der Waals surface area contributed by atoms with Gasteiger partial charge in [-0.15, -0.1) is 0 Å². The van der Waals surface area contributed by atoms with Gasteiger partial charge in [-0.05, 0) is 68.9 Å². The summed E-state index contributed by atoms with van der Waals surface area (Å²) in [5.74, 6) is -2.35. The van der Waals surface area contributed by atoms with Gasteiger partial charge in [-0.3, -0.25) is 29.2 Å². The normalized spacial score (nSPS) is 12.9. The van der Waals surface area contributed by atoms with Gasteiger partial charge in [0.15, 0.2) is 11.9 Å².